The van der Waals surface area contributed by atoms with E-state index in [1.807, 2.05) is 30.3 Å². The van der Waals surface area contributed by atoms with Crippen molar-refractivity contribution in [3.63, 3.8) is 0 Å². The molecule has 0 fully saturated rings. The minimum atomic E-state index is -0.416. The van der Waals surface area contributed by atoms with Crippen molar-refractivity contribution in [2.24, 2.45) is 0 Å². The van der Waals surface area contributed by atoms with Gasteiger partial charge in [-0.15, -0.1) is 0 Å². The summed E-state index contributed by atoms with van der Waals surface area (Å²) < 4.78 is 4.74. The fourth-order valence-electron chi connectivity index (χ4n) is 1.63. The van der Waals surface area contributed by atoms with Gasteiger partial charge in [-0.2, -0.15) is 0 Å². The number of anilines is 3. The van der Waals surface area contributed by atoms with E-state index in [1.54, 1.807) is 18.2 Å². The fourth-order valence-corrected chi connectivity index (χ4v) is 1.63. The van der Waals surface area contributed by atoms with Crippen LogP contribution in [0.3, 0.4) is 0 Å². The second kappa shape index (κ2) is 5.23. The summed E-state index contributed by atoms with van der Waals surface area (Å²) in [6.07, 6.45) is 0. The molecule has 0 aromatic heterocycles. The second-order valence-corrected chi connectivity index (χ2v) is 3.79. The molecule has 2 rings (SSSR count). The van der Waals surface area contributed by atoms with Gasteiger partial charge in [-0.3, -0.25) is 0 Å². The van der Waals surface area contributed by atoms with E-state index in [1.165, 1.54) is 7.11 Å². The number of ether oxygens (including phenoxy) is 1. The zero-order chi connectivity index (χ0) is 13.0. The van der Waals surface area contributed by atoms with Crippen LogP contribution in [0, 0.1) is 0 Å². The molecule has 3 N–H and O–H groups in total. The molecule has 0 bridgehead atoms. The van der Waals surface area contributed by atoms with Gasteiger partial charge in [0.25, 0.3) is 0 Å². The van der Waals surface area contributed by atoms with Crippen molar-refractivity contribution in [2.75, 3.05) is 18.2 Å². The minimum Gasteiger partial charge on any atom is -0.465 e. The Hall–Kier alpha value is -2.49. The van der Waals surface area contributed by atoms with Gasteiger partial charge in [-0.25, -0.2) is 4.79 Å². The number of hydrogen-bond donors (Lipinski definition) is 2. The third-order valence-corrected chi connectivity index (χ3v) is 2.50. The highest BCUT2D eigenvalue weighted by Crippen LogP contribution is 2.23. The van der Waals surface area contributed by atoms with Gasteiger partial charge < -0.3 is 15.8 Å². The lowest BCUT2D eigenvalue weighted by Gasteiger charge is -2.11. The Morgan fingerprint density at radius 2 is 1.89 bits per heavy atom. The Bertz CT molecular complexity index is 553. The van der Waals surface area contributed by atoms with Crippen molar-refractivity contribution in [1.29, 1.82) is 0 Å². The number of carbonyl (C=O) groups excluding carboxylic acids is 1. The maximum Gasteiger partial charge on any atom is 0.340 e. The van der Waals surface area contributed by atoms with Crippen LogP contribution in [0.4, 0.5) is 17.1 Å². The third kappa shape index (κ3) is 2.60. The van der Waals surface area contributed by atoms with Crippen LogP contribution in [-0.2, 0) is 4.74 Å². The van der Waals surface area contributed by atoms with Crippen molar-refractivity contribution < 1.29 is 9.53 Å². The standard InChI is InChI=1S/C14H14N2O2/c1-18-14(17)12-9-10(15)7-8-13(12)16-11-5-3-2-4-6-11/h2-9,16H,15H2,1H3. The van der Waals surface area contributed by atoms with Crippen LogP contribution in [-0.4, -0.2) is 13.1 Å². The Kier molecular flexibility index (Phi) is 3.48. The first-order valence-electron chi connectivity index (χ1n) is 5.50. The highest BCUT2D eigenvalue weighted by atomic mass is 16.5. The van der Waals surface area contributed by atoms with E-state index in [0.717, 1.165) is 5.69 Å². The molecule has 0 spiro atoms. The van der Waals surface area contributed by atoms with Crippen molar-refractivity contribution >= 4 is 23.0 Å². The zero-order valence-electron chi connectivity index (χ0n) is 10.0. The lowest BCUT2D eigenvalue weighted by atomic mass is 10.1. The number of esters is 1. The summed E-state index contributed by atoms with van der Waals surface area (Å²) in [5.41, 5.74) is 8.18. The van der Waals surface area contributed by atoms with E-state index in [2.05, 4.69) is 5.32 Å². The Morgan fingerprint density at radius 3 is 2.56 bits per heavy atom. The molecule has 92 valence electrons. The molecule has 2 aromatic rings. The van der Waals surface area contributed by atoms with Crippen molar-refractivity contribution in [3.05, 3.63) is 54.1 Å². The highest BCUT2D eigenvalue weighted by molar-refractivity contribution is 5.97. The molecule has 0 radical (unpaired) electrons. The molecule has 0 atom stereocenters. The quantitative estimate of drug-likeness (QED) is 0.641. The number of carbonyl (C=O) groups is 1. The fraction of sp³-hybridized carbons (Fsp3) is 0.0714. The molecule has 2 aromatic carbocycles. The van der Waals surface area contributed by atoms with Gasteiger partial charge in [-0.05, 0) is 30.3 Å². The third-order valence-electron chi connectivity index (χ3n) is 2.50. The number of nitrogens with one attached hydrogen (secondary N) is 1. The number of hydrogen-bond acceptors (Lipinski definition) is 4. The number of nitrogens with two attached hydrogens (primary N) is 1. The van der Waals surface area contributed by atoms with Gasteiger partial charge in [0.2, 0.25) is 0 Å². The SMILES string of the molecule is COC(=O)c1cc(N)ccc1Nc1ccccc1. The topological polar surface area (TPSA) is 64.3 Å². The summed E-state index contributed by atoms with van der Waals surface area (Å²) in [4.78, 5) is 11.7. The Balaban J connectivity index is 2.35. The van der Waals surface area contributed by atoms with Crippen molar-refractivity contribution in [1.82, 2.24) is 0 Å². The predicted octanol–water partition coefficient (Wildman–Crippen LogP) is 2.80. The number of benzene rings is 2. The van der Waals surface area contributed by atoms with Gasteiger partial charge in [-0.1, -0.05) is 18.2 Å². The van der Waals surface area contributed by atoms with Crippen LogP contribution in [0.5, 0.6) is 0 Å². The average Bonchev–Trinajstić information content (AvgIpc) is 2.41. The van der Waals surface area contributed by atoms with Gasteiger partial charge in [0.05, 0.1) is 18.4 Å². The lowest BCUT2D eigenvalue weighted by Crippen LogP contribution is -2.06. The first-order valence-corrected chi connectivity index (χ1v) is 5.50. The van der Waals surface area contributed by atoms with Gasteiger partial charge in [0.1, 0.15) is 0 Å². The molecule has 4 nitrogen and oxygen atoms in total. The normalized spacial score (nSPS) is 9.83. The van der Waals surface area contributed by atoms with E-state index in [9.17, 15) is 4.79 Å². The Labute approximate surface area is 105 Å². The molecule has 18 heavy (non-hydrogen) atoms. The molecule has 0 aliphatic rings. The first-order chi connectivity index (χ1) is 8.70. The molecule has 4 heteroatoms. The maximum absolute atomic E-state index is 11.7. The van der Waals surface area contributed by atoms with E-state index >= 15 is 0 Å². The van der Waals surface area contributed by atoms with Crippen LogP contribution < -0.4 is 11.1 Å². The molecule has 0 aliphatic heterocycles. The summed E-state index contributed by atoms with van der Waals surface area (Å²) >= 11 is 0. The molecule has 0 saturated heterocycles. The molecular weight excluding hydrogens is 228 g/mol. The zero-order valence-corrected chi connectivity index (χ0v) is 10.0. The summed E-state index contributed by atoms with van der Waals surface area (Å²) in [5.74, 6) is -0.416. The number of rotatable bonds is 3. The molecular formula is C14H14N2O2. The summed E-state index contributed by atoms with van der Waals surface area (Å²) in [6, 6.07) is 14.7. The first kappa shape index (κ1) is 12.0. The highest BCUT2D eigenvalue weighted by Gasteiger charge is 2.12. The number of para-hydroxylation sites is 1. The van der Waals surface area contributed by atoms with Crippen molar-refractivity contribution in [3.8, 4) is 0 Å². The molecule has 0 amide bonds. The molecule has 0 heterocycles. The molecule has 0 aliphatic carbocycles. The van der Waals surface area contributed by atoms with Crippen LogP contribution in [0.15, 0.2) is 48.5 Å². The van der Waals surface area contributed by atoms with Gasteiger partial charge in [0.15, 0.2) is 0 Å². The number of nitrogen functional groups attached to an aromatic ring is 1. The van der Waals surface area contributed by atoms with E-state index in [4.69, 9.17) is 10.5 Å². The smallest absolute Gasteiger partial charge is 0.340 e. The Morgan fingerprint density at radius 1 is 1.17 bits per heavy atom. The van der Waals surface area contributed by atoms with Crippen LogP contribution in [0.25, 0.3) is 0 Å². The summed E-state index contributed by atoms with van der Waals surface area (Å²) in [6.45, 7) is 0. The summed E-state index contributed by atoms with van der Waals surface area (Å²) in [7, 11) is 1.35. The second-order valence-electron chi connectivity index (χ2n) is 3.79. The molecule has 0 unspecified atom stereocenters. The average molecular weight is 242 g/mol. The minimum absolute atomic E-state index is 0.416. The maximum atomic E-state index is 11.7. The number of methoxy groups -OCH3 is 1. The van der Waals surface area contributed by atoms with Crippen LogP contribution in [0.1, 0.15) is 10.4 Å². The monoisotopic (exact) mass is 242 g/mol. The summed E-state index contributed by atoms with van der Waals surface area (Å²) in [5, 5.41) is 3.16. The van der Waals surface area contributed by atoms with E-state index in [0.29, 0.717) is 16.9 Å². The van der Waals surface area contributed by atoms with Crippen LogP contribution in [0.2, 0.25) is 0 Å². The van der Waals surface area contributed by atoms with Crippen molar-refractivity contribution in [2.45, 2.75) is 0 Å². The van der Waals surface area contributed by atoms with Gasteiger partial charge >= 0.3 is 5.97 Å². The van der Waals surface area contributed by atoms with E-state index in [-0.39, 0.29) is 0 Å². The van der Waals surface area contributed by atoms with E-state index < -0.39 is 5.97 Å². The lowest BCUT2D eigenvalue weighted by molar-refractivity contribution is 0.0602. The van der Waals surface area contributed by atoms with Crippen LogP contribution >= 0.6 is 0 Å². The van der Waals surface area contributed by atoms with Gasteiger partial charge in [0, 0.05) is 11.4 Å². The largest absolute Gasteiger partial charge is 0.465 e. The predicted molar refractivity (Wildman–Crippen MR) is 71.9 cm³/mol. The molecule has 0 saturated carbocycles.